The average molecular weight is 378 g/mol. The Balaban J connectivity index is 1.60. The van der Waals surface area contributed by atoms with Gasteiger partial charge < -0.3 is 20.5 Å². The molecule has 2 aromatic carbocycles. The normalized spacial score (nSPS) is 10.6. The molecule has 1 aromatic heterocycles. The van der Waals surface area contributed by atoms with Crippen molar-refractivity contribution in [3.05, 3.63) is 65.9 Å². The van der Waals surface area contributed by atoms with E-state index in [1.54, 1.807) is 0 Å². The van der Waals surface area contributed by atoms with Crippen LogP contribution in [0.4, 0.5) is 10.5 Å². The van der Waals surface area contributed by atoms with Crippen LogP contribution in [0.25, 0.3) is 10.9 Å². The summed E-state index contributed by atoms with van der Waals surface area (Å²) < 4.78 is 2.16. The fourth-order valence-corrected chi connectivity index (χ4v) is 3.21. The summed E-state index contributed by atoms with van der Waals surface area (Å²) in [4.78, 5) is 23.9. The smallest absolute Gasteiger partial charge is 0.315 e. The standard InChI is InChI=1S/C22H26N4O2/c1-3-23-22(28)24-14-16-9-11-18(12-10-16)25-21(27)13-17-15-26(4-2)20-8-6-5-7-19(17)20/h5-12,15H,3-4,13-14H2,1-2H3,(H,25,27)(H2,23,24,28). The maximum absolute atomic E-state index is 12.5. The number of aryl methyl sites for hydroxylation is 1. The van der Waals surface area contributed by atoms with E-state index < -0.39 is 0 Å². The monoisotopic (exact) mass is 378 g/mol. The van der Waals surface area contributed by atoms with Crippen molar-refractivity contribution in [1.82, 2.24) is 15.2 Å². The van der Waals surface area contributed by atoms with Crippen molar-refractivity contribution in [2.45, 2.75) is 33.4 Å². The summed E-state index contributed by atoms with van der Waals surface area (Å²) in [6.45, 7) is 5.87. The molecule has 0 bridgehead atoms. The Bertz CT molecular complexity index is 960. The fraction of sp³-hybridized carbons (Fsp3) is 0.273. The summed E-state index contributed by atoms with van der Waals surface area (Å²) in [7, 11) is 0. The summed E-state index contributed by atoms with van der Waals surface area (Å²) in [5.41, 5.74) is 3.88. The summed E-state index contributed by atoms with van der Waals surface area (Å²) in [5, 5.41) is 9.53. The van der Waals surface area contributed by atoms with Crippen molar-refractivity contribution < 1.29 is 9.59 Å². The minimum Gasteiger partial charge on any atom is -0.347 e. The van der Waals surface area contributed by atoms with Gasteiger partial charge in [-0.05, 0) is 43.2 Å². The summed E-state index contributed by atoms with van der Waals surface area (Å²) in [5.74, 6) is -0.0489. The molecule has 6 nitrogen and oxygen atoms in total. The minimum absolute atomic E-state index is 0.0489. The highest BCUT2D eigenvalue weighted by Gasteiger charge is 2.11. The van der Waals surface area contributed by atoms with E-state index in [1.165, 1.54) is 0 Å². The molecule has 0 fully saturated rings. The lowest BCUT2D eigenvalue weighted by molar-refractivity contribution is -0.115. The number of benzene rings is 2. The molecule has 0 atom stereocenters. The predicted molar refractivity (Wildman–Crippen MR) is 112 cm³/mol. The van der Waals surface area contributed by atoms with Crippen molar-refractivity contribution in [3.63, 3.8) is 0 Å². The molecule has 0 aliphatic heterocycles. The number of hydrogen-bond donors (Lipinski definition) is 3. The van der Waals surface area contributed by atoms with Gasteiger partial charge >= 0.3 is 6.03 Å². The highest BCUT2D eigenvalue weighted by atomic mass is 16.2. The molecule has 3 N–H and O–H groups in total. The van der Waals surface area contributed by atoms with Gasteiger partial charge in [0.15, 0.2) is 0 Å². The van der Waals surface area contributed by atoms with Crippen molar-refractivity contribution in [1.29, 1.82) is 0 Å². The summed E-state index contributed by atoms with van der Waals surface area (Å²) >= 11 is 0. The first kappa shape index (κ1) is 19.5. The van der Waals surface area contributed by atoms with Crippen molar-refractivity contribution in [2.75, 3.05) is 11.9 Å². The molecular formula is C22H26N4O2. The number of amides is 3. The van der Waals surface area contributed by atoms with Crippen LogP contribution in [-0.2, 0) is 24.3 Å². The Morgan fingerprint density at radius 3 is 2.43 bits per heavy atom. The van der Waals surface area contributed by atoms with Gasteiger partial charge in [0.05, 0.1) is 6.42 Å². The van der Waals surface area contributed by atoms with Crippen molar-refractivity contribution in [2.24, 2.45) is 0 Å². The molecule has 28 heavy (non-hydrogen) atoms. The van der Waals surface area contributed by atoms with Gasteiger partial charge in [-0.3, -0.25) is 4.79 Å². The van der Waals surface area contributed by atoms with Crippen LogP contribution in [0.2, 0.25) is 0 Å². The molecule has 3 amide bonds. The number of para-hydroxylation sites is 1. The van der Waals surface area contributed by atoms with Crippen LogP contribution in [0, 0.1) is 0 Å². The molecule has 0 aliphatic carbocycles. The van der Waals surface area contributed by atoms with Gasteiger partial charge in [-0.15, -0.1) is 0 Å². The number of rotatable bonds is 7. The fourth-order valence-electron chi connectivity index (χ4n) is 3.21. The van der Waals surface area contributed by atoms with E-state index >= 15 is 0 Å². The lowest BCUT2D eigenvalue weighted by atomic mass is 10.1. The van der Waals surface area contributed by atoms with Crippen LogP contribution in [0.1, 0.15) is 25.0 Å². The molecule has 1 heterocycles. The molecule has 146 valence electrons. The third-order valence-corrected chi connectivity index (χ3v) is 4.59. The average Bonchev–Trinajstić information content (AvgIpc) is 3.05. The zero-order valence-corrected chi connectivity index (χ0v) is 16.3. The maximum atomic E-state index is 12.5. The van der Waals surface area contributed by atoms with E-state index in [9.17, 15) is 9.59 Å². The molecule has 3 aromatic rings. The number of anilines is 1. The summed E-state index contributed by atoms with van der Waals surface area (Å²) in [6.07, 6.45) is 2.38. The van der Waals surface area contributed by atoms with Gasteiger partial charge in [-0.25, -0.2) is 4.79 Å². The second kappa shape index (κ2) is 9.08. The summed E-state index contributed by atoms with van der Waals surface area (Å²) in [6, 6.07) is 15.4. The van der Waals surface area contributed by atoms with Gasteiger partial charge in [0, 0.05) is 42.4 Å². The lowest BCUT2D eigenvalue weighted by Gasteiger charge is -2.08. The zero-order chi connectivity index (χ0) is 19.9. The van der Waals surface area contributed by atoms with E-state index in [1.807, 2.05) is 43.3 Å². The van der Waals surface area contributed by atoms with E-state index in [-0.39, 0.29) is 11.9 Å². The quantitative estimate of drug-likeness (QED) is 0.587. The van der Waals surface area contributed by atoms with Gasteiger partial charge in [0.25, 0.3) is 0 Å². The Morgan fingerprint density at radius 1 is 0.964 bits per heavy atom. The van der Waals surface area contributed by atoms with Crippen LogP contribution in [0.15, 0.2) is 54.7 Å². The van der Waals surface area contributed by atoms with E-state index in [0.717, 1.165) is 34.3 Å². The number of fused-ring (bicyclic) bond motifs is 1. The predicted octanol–water partition coefficient (Wildman–Crippen LogP) is 3.66. The Kier molecular flexibility index (Phi) is 6.32. The second-order valence-electron chi connectivity index (χ2n) is 6.59. The van der Waals surface area contributed by atoms with E-state index in [2.05, 4.69) is 45.8 Å². The molecule has 0 saturated heterocycles. The van der Waals surface area contributed by atoms with Crippen LogP contribution < -0.4 is 16.0 Å². The number of carbonyl (C=O) groups is 2. The largest absolute Gasteiger partial charge is 0.347 e. The first-order chi connectivity index (χ1) is 13.6. The van der Waals surface area contributed by atoms with Gasteiger partial charge in [0.2, 0.25) is 5.91 Å². The Morgan fingerprint density at radius 2 is 1.71 bits per heavy atom. The van der Waals surface area contributed by atoms with Gasteiger partial charge in [-0.2, -0.15) is 0 Å². The van der Waals surface area contributed by atoms with Crippen LogP contribution >= 0.6 is 0 Å². The van der Waals surface area contributed by atoms with Gasteiger partial charge in [-0.1, -0.05) is 30.3 Å². The molecule has 0 spiro atoms. The highest BCUT2D eigenvalue weighted by molar-refractivity contribution is 5.96. The highest BCUT2D eigenvalue weighted by Crippen LogP contribution is 2.22. The Labute approximate surface area is 164 Å². The number of nitrogens with one attached hydrogen (secondary N) is 3. The maximum Gasteiger partial charge on any atom is 0.315 e. The molecule has 3 rings (SSSR count). The SMILES string of the molecule is CCNC(=O)NCc1ccc(NC(=O)Cc2cn(CC)c3ccccc23)cc1. The van der Waals surface area contributed by atoms with E-state index in [4.69, 9.17) is 0 Å². The number of urea groups is 1. The third-order valence-electron chi connectivity index (χ3n) is 4.59. The van der Waals surface area contributed by atoms with Crippen molar-refractivity contribution >= 4 is 28.5 Å². The molecule has 0 saturated carbocycles. The number of hydrogen-bond acceptors (Lipinski definition) is 2. The van der Waals surface area contributed by atoms with Crippen LogP contribution in [0.5, 0.6) is 0 Å². The number of carbonyl (C=O) groups excluding carboxylic acids is 2. The number of nitrogens with zero attached hydrogens (tertiary/aromatic N) is 1. The molecule has 0 aliphatic rings. The van der Waals surface area contributed by atoms with Crippen LogP contribution in [-0.4, -0.2) is 23.1 Å². The van der Waals surface area contributed by atoms with Crippen LogP contribution in [0.3, 0.4) is 0 Å². The van der Waals surface area contributed by atoms with Crippen molar-refractivity contribution in [3.8, 4) is 0 Å². The third kappa shape index (κ3) is 4.71. The van der Waals surface area contributed by atoms with E-state index in [0.29, 0.717) is 19.5 Å². The topological polar surface area (TPSA) is 75.2 Å². The first-order valence-electron chi connectivity index (χ1n) is 9.58. The second-order valence-corrected chi connectivity index (χ2v) is 6.59. The molecule has 6 heteroatoms. The lowest BCUT2D eigenvalue weighted by Crippen LogP contribution is -2.34. The Hall–Kier alpha value is -3.28. The first-order valence-corrected chi connectivity index (χ1v) is 9.58. The molecular weight excluding hydrogens is 352 g/mol. The zero-order valence-electron chi connectivity index (χ0n) is 16.3. The van der Waals surface area contributed by atoms with Gasteiger partial charge in [0.1, 0.15) is 0 Å². The minimum atomic E-state index is -0.189. The number of aromatic nitrogens is 1. The molecule has 0 unspecified atom stereocenters. The molecule has 0 radical (unpaired) electrons.